The number of nitrogens with one attached hydrogen (secondary N) is 1. The molecule has 4 heteroatoms. The van der Waals surface area contributed by atoms with Crippen LogP contribution in [0.5, 0.6) is 0 Å². The summed E-state index contributed by atoms with van der Waals surface area (Å²) in [6.45, 7) is 5.84. The second kappa shape index (κ2) is 6.32. The molecular weight excluding hydrogens is 296 g/mol. The van der Waals surface area contributed by atoms with Gasteiger partial charge in [0.1, 0.15) is 0 Å². The number of hydrogen-bond donors (Lipinski definition) is 1. The molecule has 1 N–H and O–H groups in total. The summed E-state index contributed by atoms with van der Waals surface area (Å²) in [7, 11) is 2.22. The number of likely N-dealkylation sites (tertiary alicyclic amines) is 1. The van der Waals surface area contributed by atoms with Crippen LogP contribution in [0.2, 0.25) is 0 Å². The molecule has 0 saturated carbocycles. The van der Waals surface area contributed by atoms with Crippen LogP contribution in [0.15, 0.2) is 15.9 Å². The molecule has 1 fully saturated rings. The van der Waals surface area contributed by atoms with Gasteiger partial charge in [0.2, 0.25) is 0 Å². The van der Waals surface area contributed by atoms with Crippen molar-refractivity contribution >= 4 is 27.3 Å². The number of rotatable bonds is 4. The molecule has 0 aromatic carbocycles. The lowest BCUT2D eigenvalue weighted by atomic mass is 9.90. The van der Waals surface area contributed by atoms with Crippen molar-refractivity contribution in [2.24, 2.45) is 5.92 Å². The minimum absolute atomic E-state index is 0.629. The van der Waals surface area contributed by atoms with E-state index in [1.54, 1.807) is 0 Å². The van der Waals surface area contributed by atoms with Gasteiger partial charge in [-0.1, -0.05) is 0 Å². The highest BCUT2D eigenvalue weighted by Gasteiger charge is 2.21. The molecule has 17 heavy (non-hydrogen) atoms. The van der Waals surface area contributed by atoms with Gasteiger partial charge in [-0.15, -0.1) is 11.3 Å². The summed E-state index contributed by atoms with van der Waals surface area (Å²) in [4.78, 5) is 3.84. The lowest BCUT2D eigenvalue weighted by Crippen LogP contribution is -2.40. The maximum Gasteiger partial charge on any atom is 0.0302 e. The molecule has 2 rings (SSSR count). The molecule has 0 aliphatic carbocycles. The van der Waals surface area contributed by atoms with Crippen molar-refractivity contribution in [3.63, 3.8) is 0 Å². The lowest BCUT2D eigenvalue weighted by Gasteiger charge is -2.33. The number of nitrogens with zero attached hydrogens (tertiary/aromatic N) is 1. The summed E-state index contributed by atoms with van der Waals surface area (Å²) in [5.74, 6) is 0.842. The smallest absolute Gasteiger partial charge is 0.0302 e. The van der Waals surface area contributed by atoms with Crippen LogP contribution < -0.4 is 5.32 Å². The Morgan fingerprint density at radius 1 is 1.53 bits per heavy atom. The van der Waals surface area contributed by atoms with E-state index >= 15 is 0 Å². The summed E-state index contributed by atoms with van der Waals surface area (Å²) >= 11 is 5.32. The standard InChI is InChI=1S/C13H21BrN2S/c1-10(11-3-5-16(2)6-4-11)15-8-13-7-12(14)9-17-13/h7,9-11,15H,3-6,8H2,1-2H3. The van der Waals surface area contributed by atoms with E-state index < -0.39 is 0 Å². The maximum absolute atomic E-state index is 3.67. The molecule has 1 aliphatic heterocycles. The van der Waals surface area contributed by atoms with Crippen LogP contribution >= 0.6 is 27.3 Å². The average molecular weight is 317 g/mol. The quantitative estimate of drug-likeness (QED) is 0.916. The SMILES string of the molecule is CC(NCc1cc(Br)cs1)C1CCN(C)CC1. The van der Waals surface area contributed by atoms with Crippen molar-refractivity contribution in [3.8, 4) is 0 Å². The highest BCUT2D eigenvalue weighted by Crippen LogP contribution is 2.22. The van der Waals surface area contributed by atoms with Gasteiger partial charge in [-0.05, 0) is 67.8 Å². The Morgan fingerprint density at radius 3 is 2.82 bits per heavy atom. The van der Waals surface area contributed by atoms with E-state index in [4.69, 9.17) is 0 Å². The van der Waals surface area contributed by atoms with Gasteiger partial charge in [0.05, 0.1) is 0 Å². The van der Waals surface area contributed by atoms with Crippen LogP contribution in [0, 0.1) is 5.92 Å². The number of piperidine rings is 1. The molecule has 1 atom stereocenters. The number of halogens is 1. The molecule has 1 aromatic rings. The molecule has 2 nitrogen and oxygen atoms in total. The zero-order chi connectivity index (χ0) is 12.3. The Morgan fingerprint density at radius 2 is 2.24 bits per heavy atom. The molecule has 1 unspecified atom stereocenters. The molecule has 1 aromatic heterocycles. The predicted molar refractivity (Wildman–Crippen MR) is 78.5 cm³/mol. The van der Waals surface area contributed by atoms with Gasteiger partial charge in [-0.3, -0.25) is 0 Å². The summed E-state index contributed by atoms with van der Waals surface area (Å²) in [6, 6.07) is 2.84. The van der Waals surface area contributed by atoms with Crippen LogP contribution in [0.25, 0.3) is 0 Å². The normalized spacial score (nSPS) is 20.6. The molecule has 2 heterocycles. The van der Waals surface area contributed by atoms with Crippen molar-refractivity contribution in [2.45, 2.75) is 32.4 Å². The van der Waals surface area contributed by atoms with Crippen molar-refractivity contribution in [2.75, 3.05) is 20.1 Å². The fourth-order valence-electron chi connectivity index (χ4n) is 2.40. The first-order chi connectivity index (χ1) is 8.15. The molecule has 0 amide bonds. The average Bonchev–Trinajstić information content (AvgIpc) is 2.73. The van der Waals surface area contributed by atoms with Crippen molar-refractivity contribution in [1.82, 2.24) is 10.2 Å². The first kappa shape index (κ1) is 13.5. The molecule has 0 spiro atoms. The largest absolute Gasteiger partial charge is 0.309 e. The first-order valence-electron chi connectivity index (χ1n) is 6.30. The Bertz CT molecular complexity index is 345. The van der Waals surface area contributed by atoms with Crippen molar-refractivity contribution < 1.29 is 0 Å². The molecule has 1 saturated heterocycles. The van der Waals surface area contributed by atoms with E-state index in [0.29, 0.717) is 6.04 Å². The highest BCUT2D eigenvalue weighted by molar-refractivity contribution is 9.10. The molecule has 0 bridgehead atoms. The van der Waals surface area contributed by atoms with E-state index in [-0.39, 0.29) is 0 Å². The number of thiophene rings is 1. The van der Waals surface area contributed by atoms with Gasteiger partial charge in [0.15, 0.2) is 0 Å². The Labute approximate surface area is 117 Å². The number of hydrogen-bond acceptors (Lipinski definition) is 3. The Kier molecular flexibility index (Phi) is 5.03. The molecule has 1 aliphatic rings. The third kappa shape index (κ3) is 4.05. The van der Waals surface area contributed by atoms with E-state index in [0.717, 1.165) is 12.5 Å². The second-order valence-corrected chi connectivity index (χ2v) is 6.95. The Hall–Kier alpha value is 0.1000. The van der Waals surface area contributed by atoms with Gasteiger partial charge in [0, 0.05) is 27.3 Å². The van der Waals surface area contributed by atoms with E-state index in [2.05, 4.69) is 51.6 Å². The topological polar surface area (TPSA) is 15.3 Å². The summed E-state index contributed by atoms with van der Waals surface area (Å²) < 4.78 is 1.20. The minimum atomic E-state index is 0.629. The van der Waals surface area contributed by atoms with Crippen LogP contribution in [-0.4, -0.2) is 31.1 Å². The molecule has 96 valence electrons. The minimum Gasteiger partial charge on any atom is -0.309 e. The van der Waals surface area contributed by atoms with E-state index in [1.807, 2.05) is 11.3 Å². The summed E-state index contributed by atoms with van der Waals surface area (Å²) in [6.07, 6.45) is 2.66. The van der Waals surface area contributed by atoms with Gasteiger partial charge >= 0.3 is 0 Å². The third-order valence-corrected chi connectivity index (χ3v) is 5.39. The first-order valence-corrected chi connectivity index (χ1v) is 7.97. The second-order valence-electron chi connectivity index (χ2n) is 5.04. The van der Waals surface area contributed by atoms with Crippen molar-refractivity contribution in [1.29, 1.82) is 0 Å². The van der Waals surface area contributed by atoms with Crippen LogP contribution in [0.4, 0.5) is 0 Å². The van der Waals surface area contributed by atoms with Crippen LogP contribution in [-0.2, 0) is 6.54 Å². The highest BCUT2D eigenvalue weighted by atomic mass is 79.9. The third-order valence-electron chi connectivity index (χ3n) is 3.69. The zero-order valence-electron chi connectivity index (χ0n) is 10.6. The molecular formula is C13H21BrN2S. The fraction of sp³-hybridized carbons (Fsp3) is 0.692. The van der Waals surface area contributed by atoms with Gasteiger partial charge in [0.25, 0.3) is 0 Å². The van der Waals surface area contributed by atoms with Gasteiger partial charge in [-0.25, -0.2) is 0 Å². The fourth-order valence-corrected chi connectivity index (χ4v) is 3.81. The van der Waals surface area contributed by atoms with Crippen LogP contribution in [0.1, 0.15) is 24.6 Å². The predicted octanol–water partition coefficient (Wildman–Crippen LogP) is 3.33. The van der Waals surface area contributed by atoms with E-state index in [9.17, 15) is 0 Å². The van der Waals surface area contributed by atoms with Gasteiger partial charge < -0.3 is 10.2 Å². The Balaban J connectivity index is 1.75. The lowest BCUT2D eigenvalue weighted by molar-refractivity contribution is 0.189. The van der Waals surface area contributed by atoms with Crippen LogP contribution in [0.3, 0.4) is 0 Å². The van der Waals surface area contributed by atoms with E-state index in [1.165, 1.54) is 35.3 Å². The monoisotopic (exact) mass is 316 g/mol. The zero-order valence-corrected chi connectivity index (χ0v) is 13.0. The molecule has 0 radical (unpaired) electrons. The van der Waals surface area contributed by atoms with Crippen molar-refractivity contribution in [3.05, 3.63) is 20.8 Å². The summed E-state index contributed by atoms with van der Waals surface area (Å²) in [5.41, 5.74) is 0. The summed E-state index contributed by atoms with van der Waals surface area (Å²) in [5, 5.41) is 5.82. The van der Waals surface area contributed by atoms with Gasteiger partial charge in [-0.2, -0.15) is 0 Å². The maximum atomic E-state index is 3.67.